The van der Waals surface area contributed by atoms with Gasteiger partial charge in [-0.05, 0) is 19.3 Å². The molecule has 4 nitrogen and oxygen atoms in total. The van der Waals surface area contributed by atoms with Crippen molar-refractivity contribution in [3.63, 3.8) is 0 Å². The van der Waals surface area contributed by atoms with E-state index in [0.29, 0.717) is 5.91 Å². The second-order valence-corrected chi connectivity index (χ2v) is 5.98. The number of amides is 1. The van der Waals surface area contributed by atoms with Gasteiger partial charge in [0.15, 0.2) is 5.13 Å². The summed E-state index contributed by atoms with van der Waals surface area (Å²) in [4.78, 5) is 21.0. The second-order valence-electron chi connectivity index (χ2n) is 5.11. The monoisotopic (exact) mass is 277 g/mol. The van der Waals surface area contributed by atoms with E-state index in [-0.39, 0.29) is 5.92 Å². The number of piperazine rings is 1. The van der Waals surface area contributed by atoms with Gasteiger partial charge in [0.1, 0.15) is 0 Å². The molecule has 1 aliphatic carbocycles. The van der Waals surface area contributed by atoms with Crippen LogP contribution in [-0.2, 0) is 4.79 Å². The van der Waals surface area contributed by atoms with E-state index >= 15 is 0 Å². The summed E-state index contributed by atoms with van der Waals surface area (Å²) in [6.45, 7) is 3.47. The Morgan fingerprint density at radius 1 is 1.26 bits per heavy atom. The number of allylic oxidation sites excluding steroid dienone is 2. The molecule has 1 amide bonds. The van der Waals surface area contributed by atoms with Gasteiger partial charge in [0.2, 0.25) is 5.91 Å². The molecule has 2 aliphatic rings. The third kappa shape index (κ3) is 2.81. The summed E-state index contributed by atoms with van der Waals surface area (Å²) in [5, 5.41) is 3.08. The molecule has 3 rings (SSSR count). The summed E-state index contributed by atoms with van der Waals surface area (Å²) in [5.41, 5.74) is 0. The first kappa shape index (κ1) is 12.7. The standard InChI is InChI=1S/C14H19N3OS/c18-13(12-4-2-1-3-5-12)16-7-9-17(10-8-16)14-15-6-11-19-14/h1-2,6,11-12H,3-5,7-10H2/t12-/m1/s1. The number of carbonyl (C=O) groups excluding carboxylic acids is 1. The number of nitrogens with zero attached hydrogens (tertiary/aromatic N) is 3. The molecule has 1 aromatic rings. The lowest BCUT2D eigenvalue weighted by molar-refractivity contribution is -0.136. The molecule has 102 valence electrons. The van der Waals surface area contributed by atoms with Crippen LogP contribution in [0.15, 0.2) is 23.7 Å². The van der Waals surface area contributed by atoms with E-state index in [1.807, 2.05) is 16.5 Å². The van der Waals surface area contributed by atoms with Gasteiger partial charge in [-0.1, -0.05) is 12.2 Å². The Morgan fingerprint density at radius 2 is 2.11 bits per heavy atom. The van der Waals surface area contributed by atoms with E-state index < -0.39 is 0 Å². The van der Waals surface area contributed by atoms with Crippen LogP contribution >= 0.6 is 11.3 Å². The summed E-state index contributed by atoms with van der Waals surface area (Å²) < 4.78 is 0. The van der Waals surface area contributed by atoms with Crippen molar-refractivity contribution in [3.05, 3.63) is 23.7 Å². The third-order valence-corrected chi connectivity index (χ3v) is 4.73. The van der Waals surface area contributed by atoms with Crippen LogP contribution < -0.4 is 4.90 Å². The average molecular weight is 277 g/mol. The molecule has 0 radical (unpaired) electrons. The van der Waals surface area contributed by atoms with Gasteiger partial charge >= 0.3 is 0 Å². The van der Waals surface area contributed by atoms with E-state index in [1.54, 1.807) is 11.3 Å². The summed E-state index contributed by atoms with van der Waals surface area (Å²) >= 11 is 1.67. The predicted octanol–water partition coefficient (Wildman–Crippen LogP) is 2.15. The third-order valence-electron chi connectivity index (χ3n) is 3.90. The van der Waals surface area contributed by atoms with Crippen molar-refractivity contribution in [2.75, 3.05) is 31.1 Å². The molecule has 0 spiro atoms. The zero-order chi connectivity index (χ0) is 13.1. The Balaban J connectivity index is 1.55. The molecule has 0 saturated carbocycles. The molecule has 19 heavy (non-hydrogen) atoms. The highest BCUT2D eigenvalue weighted by Crippen LogP contribution is 2.23. The second kappa shape index (κ2) is 5.74. The average Bonchev–Trinajstić information content (AvgIpc) is 3.02. The van der Waals surface area contributed by atoms with Crippen LogP contribution in [0, 0.1) is 5.92 Å². The molecular formula is C14H19N3OS. The first-order valence-electron chi connectivity index (χ1n) is 6.93. The summed E-state index contributed by atoms with van der Waals surface area (Å²) in [7, 11) is 0. The van der Waals surface area contributed by atoms with E-state index in [2.05, 4.69) is 22.0 Å². The number of anilines is 1. The molecular weight excluding hydrogens is 258 g/mol. The first-order valence-corrected chi connectivity index (χ1v) is 7.81. The van der Waals surface area contributed by atoms with Crippen LogP contribution in [-0.4, -0.2) is 42.0 Å². The predicted molar refractivity (Wildman–Crippen MR) is 77.4 cm³/mol. The highest BCUT2D eigenvalue weighted by molar-refractivity contribution is 7.13. The van der Waals surface area contributed by atoms with Gasteiger partial charge < -0.3 is 9.80 Å². The topological polar surface area (TPSA) is 36.4 Å². The molecule has 1 aliphatic heterocycles. The minimum absolute atomic E-state index is 0.219. The van der Waals surface area contributed by atoms with Gasteiger partial charge in [-0.15, -0.1) is 11.3 Å². The van der Waals surface area contributed by atoms with Crippen LogP contribution in [0.3, 0.4) is 0 Å². The maximum Gasteiger partial charge on any atom is 0.226 e. The minimum Gasteiger partial charge on any atom is -0.345 e. The van der Waals surface area contributed by atoms with E-state index in [0.717, 1.165) is 50.6 Å². The van der Waals surface area contributed by atoms with Crippen LogP contribution in [0.1, 0.15) is 19.3 Å². The van der Waals surface area contributed by atoms with Crippen molar-refractivity contribution >= 4 is 22.4 Å². The summed E-state index contributed by atoms with van der Waals surface area (Å²) in [6.07, 6.45) is 9.16. The number of aromatic nitrogens is 1. The van der Waals surface area contributed by atoms with Crippen molar-refractivity contribution < 1.29 is 4.79 Å². The van der Waals surface area contributed by atoms with Gasteiger partial charge in [0.25, 0.3) is 0 Å². The van der Waals surface area contributed by atoms with E-state index in [9.17, 15) is 4.79 Å². The van der Waals surface area contributed by atoms with E-state index in [4.69, 9.17) is 0 Å². The SMILES string of the molecule is O=C([C@@H]1CC=CCC1)N1CCN(c2nccs2)CC1. The minimum atomic E-state index is 0.219. The quantitative estimate of drug-likeness (QED) is 0.777. The Hall–Kier alpha value is -1.36. The molecule has 0 N–H and O–H groups in total. The number of carbonyl (C=O) groups is 1. The fourth-order valence-corrected chi connectivity index (χ4v) is 3.46. The molecule has 0 aromatic carbocycles. The fraction of sp³-hybridized carbons (Fsp3) is 0.571. The molecule has 2 heterocycles. The number of rotatable bonds is 2. The van der Waals surface area contributed by atoms with Crippen molar-refractivity contribution in [1.29, 1.82) is 0 Å². The Labute approximate surface area is 117 Å². The highest BCUT2D eigenvalue weighted by Gasteiger charge is 2.27. The van der Waals surface area contributed by atoms with Gasteiger partial charge in [0.05, 0.1) is 0 Å². The fourth-order valence-electron chi connectivity index (χ4n) is 2.77. The molecule has 1 saturated heterocycles. The zero-order valence-electron chi connectivity index (χ0n) is 11.0. The van der Waals surface area contributed by atoms with Crippen molar-refractivity contribution in [2.24, 2.45) is 5.92 Å². The molecule has 1 atom stereocenters. The van der Waals surface area contributed by atoms with Crippen LogP contribution in [0.5, 0.6) is 0 Å². The van der Waals surface area contributed by atoms with E-state index in [1.165, 1.54) is 0 Å². The van der Waals surface area contributed by atoms with Gasteiger partial charge in [-0.2, -0.15) is 0 Å². The maximum atomic E-state index is 12.4. The van der Waals surface area contributed by atoms with Crippen LogP contribution in [0.2, 0.25) is 0 Å². The van der Waals surface area contributed by atoms with Gasteiger partial charge in [-0.25, -0.2) is 4.98 Å². The smallest absolute Gasteiger partial charge is 0.226 e. The Morgan fingerprint density at radius 3 is 2.74 bits per heavy atom. The summed E-state index contributed by atoms with van der Waals surface area (Å²) in [6, 6.07) is 0. The van der Waals surface area contributed by atoms with Crippen molar-refractivity contribution in [1.82, 2.24) is 9.88 Å². The maximum absolute atomic E-state index is 12.4. The zero-order valence-corrected chi connectivity index (χ0v) is 11.8. The van der Waals surface area contributed by atoms with Crippen molar-refractivity contribution in [2.45, 2.75) is 19.3 Å². The summed E-state index contributed by atoms with van der Waals surface area (Å²) in [5.74, 6) is 0.569. The highest BCUT2D eigenvalue weighted by atomic mass is 32.1. The van der Waals surface area contributed by atoms with Crippen LogP contribution in [0.25, 0.3) is 0 Å². The molecule has 0 bridgehead atoms. The number of hydrogen-bond donors (Lipinski definition) is 0. The molecule has 5 heteroatoms. The molecule has 1 fully saturated rings. The first-order chi connectivity index (χ1) is 9.34. The Kier molecular flexibility index (Phi) is 3.82. The lowest BCUT2D eigenvalue weighted by atomic mass is 9.93. The largest absolute Gasteiger partial charge is 0.345 e. The van der Waals surface area contributed by atoms with Crippen molar-refractivity contribution in [3.8, 4) is 0 Å². The molecule has 1 aromatic heterocycles. The number of hydrogen-bond acceptors (Lipinski definition) is 4. The Bertz CT molecular complexity index is 449. The molecule has 0 unspecified atom stereocenters. The van der Waals surface area contributed by atoms with Gasteiger partial charge in [0, 0.05) is 43.7 Å². The normalized spacial score (nSPS) is 23.7. The lowest BCUT2D eigenvalue weighted by Crippen LogP contribution is -2.50. The number of thiazole rings is 1. The lowest BCUT2D eigenvalue weighted by Gasteiger charge is -2.36. The van der Waals surface area contributed by atoms with Crippen LogP contribution in [0.4, 0.5) is 5.13 Å². The van der Waals surface area contributed by atoms with Gasteiger partial charge in [-0.3, -0.25) is 4.79 Å².